The molecule has 0 bridgehead atoms. The maximum absolute atomic E-state index is 8.77. The number of aryl methyl sites for hydroxylation is 2. The summed E-state index contributed by atoms with van der Waals surface area (Å²) < 4.78 is 5.56. The van der Waals surface area contributed by atoms with E-state index in [1.54, 1.807) is 0 Å². The number of ether oxygens (including phenoxy) is 1. The van der Waals surface area contributed by atoms with Crippen molar-refractivity contribution >= 4 is 5.95 Å². The summed E-state index contributed by atoms with van der Waals surface area (Å²) in [5.41, 5.74) is 2.05. The van der Waals surface area contributed by atoms with Crippen LogP contribution in [0.25, 0.3) is 0 Å². The zero-order valence-electron chi connectivity index (χ0n) is 12.4. The molecule has 6 nitrogen and oxygen atoms in total. The van der Waals surface area contributed by atoms with Crippen molar-refractivity contribution in [1.29, 1.82) is 0 Å². The van der Waals surface area contributed by atoms with Gasteiger partial charge in [0.25, 0.3) is 0 Å². The predicted octanol–water partition coefficient (Wildman–Crippen LogP) is 0.974. The lowest BCUT2D eigenvalue weighted by molar-refractivity contribution is 0.0157. The fraction of sp³-hybridized carbons (Fsp3) is 0.786. The van der Waals surface area contributed by atoms with Crippen LogP contribution in [-0.4, -0.2) is 52.7 Å². The van der Waals surface area contributed by atoms with Crippen LogP contribution in [0.4, 0.5) is 5.95 Å². The van der Waals surface area contributed by atoms with Gasteiger partial charge in [0.1, 0.15) is 0 Å². The Labute approximate surface area is 120 Å². The van der Waals surface area contributed by atoms with E-state index in [9.17, 15) is 0 Å². The molecule has 1 N–H and O–H groups in total. The number of aliphatic hydroxyl groups is 1. The molecule has 1 aliphatic rings. The van der Waals surface area contributed by atoms with Crippen molar-refractivity contribution in [2.45, 2.75) is 45.6 Å². The summed E-state index contributed by atoms with van der Waals surface area (Å²) in [7, 11) is 0. The summed E-state index contributed by atoms with van der Waals surface area (Å²) in [6.45, 7) is 6.45. The van der Waals surface area contributed by atoms with Gasteiger partial charge in [-0.1, -0.05) is 13.8 Å². The first-order chi connectivity index (χ1) is 9.78. The number of aromatic nitrogens is 3. The van der Waals surface area contributed by atoms with E-state index in [0.717, 1.165) is 56.1 Å². The summed E-state index contributed by atoms with van der Waals surface area (Å²) >= 11 is 0. The van der Waals surface area contributed by atoms with E-state index in [1.807, 2.05) is 0 Å². The Morgan fingerprint density at radius 3 is 2.45 bits per heavy atom. The Morgan fingerprint density at radius 1 is 1.15 bits per heavy atom. The topological polar surface area (TPSA) is 71.4 Å². The summed E-state index contributed by atoms with van der Waals surface area (Å²) in [5.74, 6) is 0.736. The summed E-state index contributed by atoms with van der Waals surface area (Å²) in [6, 6.07) is 0. The average molecular weight is 280 g/mol. The second kappa shape index (κ2) is 7.50. The lowest BCUT2D eigenvalue weighted by atomic mass is 10.1. The molecule has 0 unspecified atom stereocenters. The Kier molecular flexibility index (Phi) is 5.67. The monoisotopic (exact) mass is 280 g/mol. The van der Waals surface area contributed by atoms with E-state index in [0.29, 0.717) is 6.61 Å². The first-order valence-corrected chi connectivity index (χ1v) is 7.48. The highest BCUT2D eigenvalue weighted by Gasteiger charge is 2.22. The molecule has 6 heteroatoms. The first kappa shape index (κ1) is 15.1. The third-order valence-corrected chi connectivity index (χ3v) is 3.67. The van der Waals surface area contributed by atoms with Crippen LogP contribution < -0.4 is 4.90 Å². The normalized spacial score (nSPS) is 16.6. The number of hydrogen-bond acceptors (Lipinski definition) is 6. The van der Waals surface area contributed by atoms with Crippen molar-refractivity contribution in [2.75, 3.05) is 31.2 Å². The van der Waals surface area contributed by atoms with Crippen LogP contribution in [0.15, 0.2) is 0 Å². The molecular weight excluding hydrogens is 256 g/mol. The van der Waals surface area contributed by atoms with Crippen molar-refractivity contribution in [3.63, 3.8) is 0 Å². The number of nitrogens with zero attached hydrogens (tertiary/aromatic N) is 4. The molecule has 0 atom stereocenters. The molecule has 1 saturated heterocycles. The van der Waals surface area contributed by atoms with E-state index in [-0.39, 0.29) is 12.7 Å². The van der Waals surface area contributed by atoms with Gasteiger partial charge in [0.2, 0.25) is 5.95 Å². The van der Waals surface area contributed by atoms with E-state index >= 15 is 0 Å². The Balaban J connectivity index is 1.96. The molecule has 20 heavy (non-hydrogen) atoms. The minimum Gasteiger partial charge on any atom is -0.394 e. The number of rotatable bonds is 6. The van der Waals surface area contributed by atoms with Gasteiger partial charge in [0, 0.05) is 13.1 Å². The molecule has 0 radical (unpaired) electrons. The molecule has 0 aliphatic carbocycles. The van der Waals surface area contributed by atoms with Crippen LogP contribution in [0.3, 0.4) is 0 Å². The number of aliphatic hydroxyl groups excluding tert-OH is 1. The van der Waals surface area contributed by atoms with Gasteiger partial charge >= 0.3 is 0 Å². The lowest BCUT2D eigenvalue weighted by Gasteiger charge is -2.31. The molecule has 1 fully saturated rings. The van der Waals surface area contributed by atoms with Gasteiger partial charge in [-0.15, -0.1) is 5.10 Å². The Bertz CT molecular complexity index is 420. The summed E-state index contributed by atoms with van der Waals surface area (Å²) in [4.78, 5) is 6.82. The maximum Gasteiger partial charge on any atom is 0.245 e. The number of hydrogen-bond donors (Lipinski definition) is 1. The minimum atomic E-state index is 0.0889. The molecule has 0 amide bonds. The zero-order valence-corrected chi connectivity index (χ0v) is 12.4. The maximum atomic E-state index is 8.77. The van der Waals surface area contributed by atoms with E-state index < -0.39 is 0 Å². The number of piperidine rings is 1. The van der Waals surface area contributed by atoms with Gasteiger partial charge in [0.15, 0.2) is 0 Å². The summed E-state index contributed by atoms with van der Waals surface area (Å²) in [5, 5.41) is 17.3. The van der Waals surface area contributed by atoms with Crippen molar-refractivity contribution < 1.29 is 9.84 Å². The highest BCUT2D eigenvalue weighted by atomic mass is 16.5. The molecule has 2 heterocycles. The molecule has 0 spiro atoms. The standard InChI is InChI=1S/C14H24N4O2/c1-3-12-13(4-2)16-17-14(15-12)18-7-5-11(6-8-18)20-10-9-19/h11,19H,3-10H2,1-2H3. The van der Waals surface area contributed by atoms with Crippen LogP contribution >= 0.6 is 0 Å². The van der Waals surface area contributed by atoms with Crippen LogP contribution in [0.1, 0.15) is 38.1 Å². The van der Waals surface area contributed by atoms with Gasteiger partial charge in [-0.2, -0.15) is 5.10 Å². The minimum absolute atomic E-state index is 0.0889. The molecule has 0 aromatic carbocycles. The third-order valence-electron chi connectivity index (χ3n) is 3.67. The fourth-order valence-electron chi connectivity index (χ4n) is 2.50. The second-order valence-electron chi connectivity index (χ2n) is 4.99. The zero-order chi connectivity index (χ0) is 14.4. The van der Waals surface area contributed by atoms with E-state index in [4.69, 9.17) is 9.84 Å². The van der Waals surface area contributed by atoms with Crippen LogP contribution in [0.2, 0.25) is 0 Å². The third kappa shape index (κ3) is 3.64. The van der Waals surface area contributed by atoms with Gasteiger partial charge < -0.3 is 14.7 Å². The highest BCUT2D eigenvalue weighted by molar-refractivity contribution is 5.31. The summed E-state index contributed by atoms with van der Waals surface area (Å²) in [6.07, 6.45) is 3.90. The molecule has 1 aromatic heterocycles. The van der Waals surface area contributed by atoms with Crippen molar-refractivity contribution in [3.8, 4) is 0 Å². The fourth-order valence-corrected chi connectivity index (χ4v) is 2.50. The van der Waals surface area contributed by atoms with E-state index in [1.165, 1.54) is 0 Å². The Morgan fingerprint density at radius 2 is 1.85 bits per heavy atom. The lowest BCUT2D eigenvalue weighted by Crippen LogP contribution is -2.38. The Hall–Kier alpha value is -1.27. The highest BCUT2D eigenvalue weighted by Crippen LogP contribution is 2.18. The van der Waals surface area contributed by atoms with Crippen LogP contribution in [0, 0.1) is 0 Å². The second-order valence-corrected chi connectivity index (χ2v) is 4.99. The molecule has 2 rings (SSSR count). The molecular formula is C14H24N4O2. The van der Waals surface area contributed by atoms with Crippen LogP contribution in [0.5, 0.6) is 0 Å². The van der Waals surface area contributed by atoms with Gasteiger partial charge in [-0.25, -0.2) is 4.98 Å². The SMILES string of the molecule is CCc1nnc(N2CCC(OCCO)CC2)nc1CC. The number of anilines is 1. The molecule has 1 aliphatic heterocycles. The van der Waals surface area contributed by atoms with Crippen molar-refractivity contribution in [3.05, 3.63) is 11.4 Å². The quantitative estimate of drug-likeness (QED) is 0.837. The van der Waals surface area contributed by atoms with Gasteiger partial charge in [-0.05, 0) is 25.7 Å². The smallest absolute Gasteiger partial charge is 0.245 e. The van der Waals surface area contributed by atoms with Gasteiger partial charge in [0.05, 0.1) is 30.7 Å². The average Bonchev–Trinajstić information content (AvgIpc) is 2.52. The van der Waals surface area contributed by atoms with Crippen molar-refractivity contribution in [2.24, 2.45) is 0 Å². The first-order valence-electron chi connectivity index (χ1n) is 7.48. The molecule has 1 aromatic rings. The largest absolute Gasteiger partial charge is 0.394 e. The molecule has 0 saturated carbocycles. The molecule has 112 valence electrons. The van der Waals surface area contributed by atoms with Crippen LogP contribution in [-0.2, 0) is 17.6 Å². The van der Waals surface area contributed by atoms with Gasteiger partial charge in [-0.3, -0.25) is 0 Å². The van der Waals surface area contributed by atoms with E-state index in [2.05, 4.69) is 33.9 Å². The predicted molar refractivity (Wildman–Crippen MR) is 76.9 cm³/mol. The van der Waals surface area contributed by atoms with Crippen molar-refractivity contribution in [1.82, 2.24) is 15.2 Å².